The summed E-state index contributed by atoms with van der Waals surface area (Å²) in [5.74, 6) is 0.432. The molecule has 4 fully saturated rings. The van der Waals surface area contributed by atoms with Gasteiger partial charge in [0.1, 0.15) is 5.75 Å². The van der Waals surface area contributed by atoms with E-state index >= 15 is 0 Å². The number of hydrogen-bond acceptors (Lipinski definition) is 4. The minimum Gasteiger partial charge on any atom is -0.508 e. The molecule has 4 aliphatic heterocycles. The van der Waals surface area contributed by atoms with E-state index in [1.54, 1.807) is 6.07 Å². The molecule has 5 heteroatoms. The molecule has 1 amide bonds. The quantitative estimate of drug-likeness (QED) is 0.729. The van der Waals surface area contributed by atoms with Gasteiger partial charge in [0.2, 0.25) is 0 Å². The maximum absolute atomic E-state index is 12.8. The number of rotatable bonds is 6. The zero-order chi connectivity index (χ0) is 21.4. The van der Waals surface area contributed by atoms with Crippen LogP contribution in [-0.2, 0) is 0 Å². The van der Waals surface area contributed by atoms with Gasteiger partial charge in [-0.25, -0.2) is 0 Å². The number of phenolic OH excluding ortho intramolecular Hbond substituents is 1. The number of piperazine rings is 1. The van der Waals surface area contributed by atoms with Gasteiger partial charge in [-0.1, -0.05) is 30.3 Å². The molecule has 2 bridgehead atoms. The van der Waals surface area contributed by atoms with Crippen molar-refractivity contribution in [2.75, 3.05) is 32.7 Å². The number of carbonyl (C=O) groups is 1. The molecule has 0 spiro atoms. The minimum atomic E-state index is 0.0812. The predicted molar refractivity (Wildman–Crippen MR) is 122 cm³/mol. The molecule has 31 heavy (non-hydrogen) atoms. The van der Waals surface area contributed by atoms with Crippen LogP contribution in [0.25, 0.3) is 0 Å². The first-order valence-electron chi connectivity index (χ1n) is 11.4. The van der Waals surface area contributed by atoms with Crippen LogP contribution in [0.4, 0.5) is 0 Å². The fourth-order valence-corrected chi connectivity index (χ4v) is 5.62. The molecule has 1 N–H and O–H groups in total. The Morgan fingerprint density at radius 1 is 1.06 bits per heavy atom. The molecular weight excluding hydrogens is 386 g/mol. The number of piperidine rings is 1. The number of aromatic hydroxyl groups is 1. The molecule has 162 valence electrons. The summed E-state index contributed by atoms with van der Waals surface area (Å²) in [7, 11) is 0. The molecule has 2 aromatic rings. The highest BCUT2D eigenvalue weighted by atomic mass is 16.3. The third-order valence-electron chi connectivity index (χ3n) is 7.06. The summed E-state index contributed by atoms with van der Waals surface area (Å²) >= 11 is 0. The van der Waals surface area contributed by atoms with Crippen molar-refractivity contribution in [2.24, 2.45) is 0 Å². The fraction of sp³-hybridized carbons (Fsp3) is 0.423. The van der Waals surface area contributed by atoms with Crippen molar-refractivity contribution in [3.8, 4) is 5.75 Å². The second kappa shape index (κ2) is 8.48. The molecule has 5 nitrogen and oxygen atoms in total. The van der Waals surface area contributed by atoms with E-state index in [0.29, 0.717) is 17.8 Å². The molecule has 2 aromatic carbocycles. The first kappa shape index (κ1) is 20.3. The Hall–Kier alpha value is -2.63. The second-order valence-electron chi connectivity index (χ2n) is 9.12. The molecule has 3 atom stereocenters. The highest BCUT2D eigenvalue weighted by Gasteiger charge is 2.48. The highest BCUT2D eigenvalue weighted by molar-refractivity contribution is 5.94. The summed E-state index contributed by atoms with van der Waals surface area (Å²) in [4.78, 5) is 19.8. The fourth-order valence-electron chi connectivity index (χ4n) is 5.62. The van der Waals surface area contributed by atoms with Gasteiger partial charge in [-0.3, -0.25) is 14.6 Å². The summed E-state index contributed by atoms with van der Waals surface area (Å²) in [6.07, 6.45) is 5.40. The van der Waals surface area contributed by atoms with Gasteiger partial charge in [0.25, 0.3) is 5.91 Å². The van der Waals surface area contributed by atoms with Crippen LogP contribution in [0.2, 0.25) is 0 Å². The van der Waals surface area contributed by atoms with Crippen molar-refractivity contribution < 1.29 is 9.90 Å². The number of likely N-dealkylation sites (tertiary alicyclic amines) is 1. The summed E-state index contributed by atoms with van der Waals surface area (Å²) in [6.45, 7) is 8.65. The molecule has 6 rings (SSSR count). The van der Waals surface area contributed by atoms with E-state index in [0.717, 1.165) is 56.7 Å². The number of fused-ring (bicyclic) bond motifs is 2. The van der Waals surface area contributed by atoms with Crippen molar-refractivity contribution in [2.45, 2.75) is 37.4 Å². The van der Waals surface area contributed by atoms with Gasteiger partial charge >= 0.3 is 0 Å². The predicted octanol–water partition coefficient (Wildman–Crippen LogP) is 3.66. The van der Waals surface area contributed by atoms with Gasteiger partial charge in [0, 0.05) is 50.4 Å². The lowest BCUT2D eigenvalue weighted by molar-refractivity contribution is -0.0850. The van der Waals surface area contributed by atoms with E-state index in [4.69, 9.17) is 0 Å². The van der Waals surface area contributed by atoms with Crippen LogP contribution in [0, 0.1) is 0 Å². The first-order chi connectivity index (χ1) is 15.1. The van der Waals surface area contributed by atoms with E-state index in [-0.39, 0.29) is 11.9 Å². The van der Waals surface area contributed by atoms with E-state index in [2.05, 4.69) is 34.6 Å². The maximum atomic E-state index is 12.8. The van der Waals surface area contributed by atoms with Crippen LogP contribution >= 0.6 is 0 Å². The Bertz CT molecular complexity index is 939. The lowest BCUT2D eigenvalue weighted by Crippen LogP contribution is -2.69. The van der Waals surface area contributed by atoms with Gasteiger partial charge in [-0.2, -0.15) is 0 Å². The first-order valence-corrected chi connectivity index (χ1v) is 11.4. The summed E-state index contributed by atoms with van der Waals surface area (Å²) in [5, 5.41) is 10.1. The molecule has 4 aliphatic rings. The summed E-state index contributed by atoms with van der Waals surface area (Å²) < 4.78 is 0. The number of phenols is 1. The number of benzene rings is 2. The Balaban J connectivity index is 1.43. The van der Waals surface area contributed by atoms with Gasteiger partial charge in [-0.15, -0.1) is 6.58 Å². The Labute approximate surface area is 184 Å². The molecule has 0 saturated carbocycles. The average Bonchev–Trinajstić information content (AvgIpc) is 3.32. The lowest BCUT2D eigenvalue weighted by atomic mass is 9.81. The van der Waals surface area contributed by atoms with Crippen LogP contribution < -0.4 is 0 Å². The largest absolute Gasteiger partial charge is 0.508 e. The van der Waals surface area contributed by atoms with Crippen molar-refractivity contribution in [3.05, 3.63) is 77.9 Å². The Kier molecular flexibility index (Phi) is 5.55. The SMILES string of the molecule is C=CCN1CC2CC(C1)N2C(c1ccc(C(=O)N2CCCC2)cc1)c1cccc(O)c1. The smallest absolute Gasteiger partial charge is 0.253 e. The van der Waals surface area contributed by atoms with Crippen molar-refractivity contribution in [3.63, 3.8) is 0 Å². The molecule has 0 aliphatic carbocycles. The van der Waals surface area contributed by atoms with Crippen molar-refractivity contribution in [1.29, 1.82) is 0 Å². The standard InChI is InChI=1S/C26H31N3O2/c1-2-12-27-17-22-16-23(18-27)29(22)25(21-6-5-7-24(30)15-21)19-8-10-20(11-9-19)26(31)28-13-3-4-14-28/h2,5-11,15,22-23,25,30H,1,3-4,12-14,16-18H2. The monoisotopic (exact) mass is 417 g/mol. The van der Waals surface area contributed by atoms with E-state index in [9.17, 15) is 9.90 Å². The Morgan fingerprint density at radius 2 is 1.77 bits per heavy atom. The Morgan fingerprint density at radius 3 is 2.42 bits per heavy atom. The van der Waals surface area contributed by atoms with Gasteiger partial charge in [-0.05, 0) is 54.7 Å². The zero-order valence-electron chi connectivity index (χ0n) is 18.0. The highest BCUT2D eigenvalue weighted by Crippen LogP contribution is 2.43. The normalized spacial score (nSPS) is 24.6. The maximum Gasteiger partial charge on any atom is 0.253 e. The van der Waals surface area contributed by atoms with Crippen molar-refractivity contribution >= 4 is 5.91 Å². The van der Waals surface area contributed by atoms with Crippen molar-refractivity contribution in [1.82, 2.24) is 14.7 Å². The van der Waals surface area contributed by atoms with E-state index in [1.807, 2.05) is 35.2 Å². The zero-order valence-corrected chi connectivity index (χ0v) is 18.0. The van der Waals surface area contributed by atoms with Crippen LogP contribution in [-0.4, -0.2) is 70.5 Å². The van der Waals surface area contributed by atoms with Gasteiger partial charge in [0.15, 0.2) is 0 Å². The van der Waals surface area contributed by atoms with Crippen LogP contribution in [0.5, 0.6) is 5.75 Å². The summed E-state index contributed by atoms with van der Waals surface area (Å²) in [6, 6.07) is 16.9. The number of amides is 1. The molecule has 4 heterocycles. The van der Waals surface area contributed by atoms with E-state index in [1.165, 1.54) is 12.0 Å². The molecule has 4 saturated heterocycles. The number of nitrogens with zero attached hydrogens (tertiary/aromatic N) is 3. The average molecular weight is 418 g/mol. The van der Waals surface area contributed by atoms with Crippen LogP contribution in [0.1, 0.15) is 46.8 Å². The summed E-state index contributed by atoms with van der Waals surface area (Å²) in [5.41, 5.74) is 3.04. The molecule has 0 radical (unpaired) electrons. The topological polar surface area (TPSA) is 47.0 Å². The minimum absolute atomic E-state index is 0.0812. The van der Waals surface area contributed by atoms with Crippen LogP contribution in [0.15, 0.2) is 61.2 Å². The van der Waals surface area contributed by atoms with Crippen LogP contribution in [0.3, 0.4) is 0 Å². The molecule has 0 aromatic heterocycles. The molecule has 3 unspecified atom stereocenters. The number of carbonyl (C=O) groups excluding carboxylic acids is 1. The second-order valence-corrected chi connectivity index (χ2v) is 9.12. The number of hydrogen-bond donors (Lipinski definition) is 1. The van der Waals surface area contributed by atoms with Gasteiger partial charge in [0.05, 0.1) is 6.04 Å². The van der Waals surface area contributed by atoms with Gasteiger partial charge < -0.3 is 10.0 Å². The lowest BCUT2D eigenvalue weighted by Gasteiger charge is -2.59. The third kappa shape index (κ3) is 3.88. The van der Waals surface area contributed by atoms with E-state index < -0.39 is 0 Å². The molecular formula is C26H31N3O2. The third-order valence-corrected chi connectivity index (χ3v) is 7.06.